The zero-order valence-electron chi connectivity index (χ0n) is 12.3. The van der Waals surface area contributed by atoms with Crippen molar-refractivity contribution in [3.63, 3.8) is 0 Å². The Balaban J connectivity index is 2.40. The van der Waals surface area contributed by atoms with Gasteiger partial charge in [-0.05, 0) is 67.4 Å². The van der Waals surface area contributed by atoms with Crippen LogP contribution in [0.1, 0.15) is 46.5 Å². The first-order valence-corrected chi connectivity index (χ1v) is 7.86. The Labute approximate surface area is 120 Å². The van der Waals surface area contributed by atoms with Gasteiger partial charge in [-0.25, -0.2) is 0 Å². The van der Waals surface area contributed by atoms with Crippen molar-refractivity contribution in [2.45, 2.75) is 40.2 Å². The number of hydrogen-bond donors (Lipinski definition) is 1. The van der Waals surface area contributed by atoms with Gasteiger partial charge in [0.1, 0.15) is 0 Å². The Morgan fingerprint density at radius 2 is 1.84 bits per heavy atom. The van der Waals surface area contributed by atoms with E-state index in [9.17, 15) is 0 Å². The van der Waals surface area contributed by atoms with Gasteiger partial charge >= 0.3 is 0 Å². The SMILES string of the molecule is CCCNC(c1cccs1)c1cc(C)c(C)cc1C. The second-order valence-corrected chi connectivity index (χ2v) is 6.17. The third-order valence-corrected chi connectivity index (χ3v) is 4.56. The second-order valence-electron chi connectivity index (χ2n) is 5.20. The molecule has 1 N–H and O–H groups in total. The van der Waals surface area contributed by atoms with E-state index in [1.807, 2.05) is 11.3 Å². The Morgan fingerprint density at radius 1 is 1.11 bits per heavy atom. The first-order valence-electron chi connectivity index (χ1n) is 6.98. The molecule has 2 aromatic rings. The maximum absolute atomic E-state index is 3.69. The maximum atomic E-state index is 3.69. The van der Waals surface area contributed by atoms with Crippen molar-refractivity contribution in [2.24, 2.45) is 0 Å². The molecule has 0 aliphatic heterocycles. The van der Waals surface area contributed by atoms with E-state index in [0.717, 1.165) is 13.0 Å². The number of nitrogens with one attached hydrogen (secondary N) is 1. The fraction of sp³-hybridized carbons (Fsp3) is 0.412. The highest BCUT2D eigenvalue weighted by Gasteiger charge is 2.17. The molecule has 0 saturated heterocycles. The third-order valence-electron chi connectivity index (χ3n) is 3.62. The van der Waals surface area contributed by atoms with Crippen molar-refractivity contribution in [1.29, 1.82) is 0 Å². The summed E-state index contributed by atoms with van der Waals surface area (Å²) in [5.74, 6) is 0. The van der Waals surface area contributed by atoms with Crippen LogP contribution in [0.15, 0.2) is 29.6 Å². The molecule has 1 atom stereocenters. The van der Waals surface area contributed by atoms with E-state index >= 15 is 0 Å². The van der Waals surface area contributed by atoms with Gasteiger partial charge < -0.3 is 5.32 Å². The van der Waals surface area contributed by atoms with E-state index in [1.54, 1.807) is 0 Å². The average Bonchev–Trinajstić information content (AvgIpc) is 2.89. The van der Waals surface area contributed by atoms with Gasteiger partial charge in [0.15, 0.2) is 0 Å². The highest BCUT2D eigenvalue weighted by Crippen LogP contribution is 2.29. The molecule has 2 heteroatoms. The molecule has 0 bridgehead atoms. The molecular formula is C17H23NS. The molecule has 1 heterocycles. The molecule has 0 saturated carbocycles. The molecule has 0 radical (unpaired) electrons. The van der Waals surface area contributed by atoms with Crippen molar-refractivity contribution in [3.05, 3.63) is 56.8 Å². The van der Waals surface area contributed by atoms with Crippen LogP contribution in [-0.4, -0.2) is 6.54 Å². The molecule has 1 aromatic heterocycles. The van der Waals surface area contributed by atoms with E-state index in [1.165, 1.54) is 27.1 Å². The Hall–Kier alpha value is -1.12. The minimum atomic E-state index is 0.333. The lowest BCUT2D eigenvalue weighted by Crippen LogP contribution is -2.23. The fourth-order valence-electron chi connectivity index (χ4n) is 2.40. The molecular weight excluding hydrogens is 250 g/mol. The normalized spacial score (nSPS) is 12.6. The summed E-state index contributed by atoms with van der Waals surface area (Å²) in [6.45, 7) is 9.87. The minimum absolute atomic E-state index is 0.333. The summed E-state index contributed by atoms with van der Waals surface area (Å²) in [4.78, 5) is 1.40. The van der Waals surface area contributed by atoms with Crippen LogP contribution in [0.25, 0.3) is 0 Å². The summed E-state index contributed by atoms with van der Waals surface area (Å²) >= 11 is 1.83. The molecule has 0 aliphatic rings. The summed E-state index contributed by atoms with van der Waals surface area (Å²) in [7, 11) is 0. The predicted molar refractivity (Wildman–Crippen MR) is 85.1 cm³/mol. The van der Waals surface area contributed by atoms with Crippen molar-refractivity contribution < 1.29 is 0 Å². The molecule has 1 aromatic carbocycles. The van der Waals surface area contributed by atoms with Gasteiger partial charge in [-0.2, -0.15) is 0 Å². The summed E-state index contributed by atoms with van der Waals surface area (Å²) in [5, 5.41) is 5.85. The topological polar surface area (TPSA) is 12.0 Å². The van der Waals surface area contributed by atoms with Crippen molar-refractivity contribution in [3.8, 4) is 0 Å². The number of benzene rings is 1. The lowest BCUT2D eigenvalue weighted by atomic mass is 9.95. The number of hydrogen-bond acceptors (Lipinski definition) is 2. The number of thiophene rings is 1. The zero-order valence-corrected chi connectivity index (χ0v) is 13.1. The van der Waals surface area contributed by atoms with Crippen LogP contribution in [0.3, 0.4) is 0 Å². The summed E-state index contributed by atoms with van der Waals surface area (Å²) in [5.41, 5.74) is 5.55. The van der Waals surface area contributed by atoms with E-state index in [2.05, 4.69) is 62.7 Å². The first-order chi connectivity index (χ1) is 9.13. The highest BCUT2D eigenvalue weighted by molar-refractivity contribution is 7.10. The Kier molecular flexibility index (Phi) is 4.78. The van der Waals surface area contributed by atoms with Gasteiger partial charge in [-0.3, -0.25) is 0 Å². The van der Waals surface area contributed by atoms with Gasteiger partial charge in [-0.1, -0.05) is 25.1 Å². The molecule has 2 rings (SSSR count). The van der Waals surface area contributed by atoms with Crippen LogP contribution in [0, 0.1) is 20.8 Å². The van der Waals surface area contributed by atoms with E-state index < -0.39 is 0 Å². The van der Waals surface area contributed by atoms with Gasteiger partial charge in [-0.15, -0.1) is 11.3 Å². The Morgan fingerprint density at radius 3 is 2.47 bits per heavy atom. The second kappa shape index (κ2) is 6.36. The van der Waals surface area contributed by atoms with E-state index in [4.69, 9.17) is 0 Å². The Bertz CT molecular complexity index is 528. The zero-order chi connectivity index (χ0) is 13.8. The monoisotopic (exact) mass is 273 g/mol. The standard InChI is InChI=1S/C17H23NS/c1-5-8-18-17(16-7-6-9-19-16)15-11-13(3)12(2)10-14(15)4/h6-7,9-11,17-18H,5,8H2,1-4H3. The van der Waals surface area contributed by atoms with Gasteiger partial charge in [0.05, 0.1) is 6.04 Å². The minimum Gasteiger partial charge on any atom is -0.306 e. The van der Waals surface area contributed by atoms with Crippen molar-refractivity contribution in [1.82, 2.24) is 5.32 Å². The average molecular weight is 273 g/mol. The van der Waals surface area contributed by atoms with Crippen molar-refractivity contribution in [2.75, 3.05) is 6.54 Å². The summed E-state index contributed by atoms with van der Waals surface area (Å²) < 4.78 is 0. The van der Waals surface area contributed by atoms with Gasteiger partial charge in [0, 0.05) is 4.88 Å². The summed E-state index contributed by atoms with van der Waals surface area (Å²) in [6.07, 6.45) is 1.16. The van der Waals surface area contributed by atoms with Crippen LogP contribution >= 0.6 is 11.3 Å². The molecule has 102 valence electrons. The summed E-state index contributed by atoms with van der Waals surface area (Å²) in [6, 6.07) is 9.35. The molecule has 0 aliphatic carbocycles. The highest BCUT2D eigenvalue weighted by atomic mass is 32.1. The van der Waals surface area contributed by atoms with Crippen molar-refractivity contribution >= 4 is 11.3 Å². The van der Waals surface area contributed by atoms with Crippen LogP contribution in [0.5, 0.6) is 0 Å². The van der Waals surface area contributed by atoms with Crippen LogP contribution < -0.4 is 5.32 Å². The fourth-order valence-corrected chi connectivity index (χ4v) is 3.22. The van der Waals surface area contributed by atoms with E-state index in [0.29, 0.717) is 6.04 Å². The van der Waals surface area contributed by atoms with Crippen LogP contribution in [0.2, 0.25) is 0 Å². The molecule has 0 fully saturated rings. The maximum Gasteiger partial charge on any atom is 0.0673 e. The molecule has 1 nitrogen and oxygen atoms in total. The van der Waals surface area contributed by atoms with Gasteiger partial charge in [0.25, 0.3) is 0 Å². The molecule has 19 heavy (non-hydrogen) atoms. The number of aryl methyl sites for hydroxylation is 3. The molecule has 1 unspecified atom stereocenters. The number of rotatable bonds is 5. The quantitative estimate of drug-likeness (QED) is 0.828. The predicted octanol–water partition coefficient (Wildman–Crippen LogP) is 4.76. The largest absolute Gasteiger partial charge is 0.306 e. The first kappa shape index (κ1) is 14.3. The smallest absolute Gasteiger partial charge is 0.0673 e. The van der Waals surface area contributed by atoms with E-state index in [-0.39, 0.29) is 0 Å². The van der Waals surface area contributed by atoms with Crippen LogP contribution in [-0.2, 0) is 0 Å². The van der Waals surface area contributed by atoms with Gasteiger partial charge in [0.2, 0.25) is 0 Å². The lowest BCUT2D eigenvalue weighted by molar-refractivity contribution is 0.603. The third kappa shape index (κ3) is 3.26. The molecule has 0 spiro atoms. The molecule has 0 amide bonds. The lowest BCUT2D eigenvalue weighted by Gasteiger charge is -2.21. The van der Waals surface area contributed by atoms with Crippen LogP contribution in [0.4, 0.5) is 0 Å².